The second kappa shape index (κ2) is 12.4. The van der Waals surface area contributed by atoms with E-state index in [0.717, 1.165) is 17.0 Å². The first-order valence-electron chi connectivity index (χ1n) is 14.2. The molecule has 0 N–H and O–H groups in total. The van der Waals surface area contributed by atoms with Crippen LogP contribution in [0.4, 0.5) is 10.1 Å². The maximum atomic E-state index is 15.4. The molecule has 1 aliphatic heterocycles. The Morgan fingerprint density at radius 3 is 2.57 bits per heavy atom. The Bertz CT molecular complexity index is 1860. The monoisotopic (exact) mass is 612 g/mol. The molecule has 7 nitrogen and oxygen atoms in total. The fraction of sp³-hybridized carbons (Fsp3) is 0.200. The van der Waals surface area contributed by atoms with Gasteiger partial charge in [-0.1, -0.05) is 54.1 Å². The smallest absolute Gasteiger partial charge is 0.310 e. The van der Waals surface area contributed by atoms with Gasteiger partial charge in [0.2, 0.25) is 0 Å². The zero-order valence-electron chi connectivity index (χ0n) is 24.3. The molecule has 6 rings (SSSR count). The molecule has 9 heteroatoms. The van der Waals surface area contributed by atoms with Crippen LogP contribution in [0.1, 0.15) is 27.2 Å². The molecule has 0 bridgehead atoms. The van der Waals surface area contributed by atoms with Crippen LogP contribution in [0.5, 0.6) is 11.5 Å². The van der Waals surface area contributed by atoms with Crippen molar-refractivity contribution >= 4 is 40.1 Å². The number of halogens is 2. The van der Waals surface area contributed by atoms with Crippen molar-refractivity contribution in [3.63, 3.8) is 0 Å². The normalized spacial score (nSPS) is 14.2. The number of benzene rings is 4. The van der Waals surface area contributed by atoms with Crippen LogP contribution in [0.3, 0.4) is 0 Å². The Balaban J connectivity index is 1.20. The molecular weight excluding hydrogens is 583 g/mol. The van der Waals surface area contributed by atoms with E-state index in [-0.39, 0.29) is 37.1 Å². The van der Waals surface area contributed by atoms with Gasteiger partial charge in [0.25, 0.3) is 5.91 Å². The lowest BCUT2D eigenvalue weighted by Crippen LogP contribution is -2.41. The number of rotatable bonds is 8. The number of carbonyl (C=O) groups is 2. The highest BCUT2D eigenvalue weighted by molar-refractivity contribution is 6.31. The minimum atomic E-state index is -0.724. The van der Waals surface area contributed by atoms with Crippen LogP contribution >= 0.6 is 11.6 Å². The molecule has 1 aromatic heterocycles. The number of fused-ring (bicyclic) bond motifs is 2. The van der Waals surface area contributed by atoms with Crippen LogP contribution < -0.4 is 14.4 Å². The largest absolute Gasteiger partial charge is 0.490 e. The maximum Gasteiger partial charge on any atom is 0.310 e. The van der Waals surface area contributed by atoms with Crippen molar-refractivity contribution in [2.24, 2.45) is 0 Å². The summed E-state index contributed by atoms with van der Waals surface area (Å²) in [5, 5.41) is 1.07. The van der Waals surface area contributed by atoms with Gasteiger partial charge in [-0.2, -0.15) is 0 Å². The second-order valence-corrected chi connectivity index (χ2v) is 11.2. The summed E-state index contributed by atoms with van der Waals surface area (Å²) in [5.41, 5.74) is 3.34. The van der Waals surface area contributed by atoms with Gasteiger partial charge < -0.3 is 19.1 Å². The van der Waals surface area contributed by atoms with E-state index in [1.165, 1.54) is 16.7 Å². The van der Waals surface area contributed by atoms with Gasteiger partial charge in [0.1, 0.15) is 36.6 Å². The van der Waals surface area contributed by atoms with E-state index in [2.05, 4.69) is 4.90 Å². The first-order chi connectivity index (χ1) is 21.3. The van der Waals surface area contributed by atoms with Gasteiger partial charge in [0.15, 0.2) is 0 Å². The Hall–Kier alpha value is -4.82. The molecule has 0 aliphatic carbocycles. The zero-order chi connectivity index (χ0) is 30.8. The van der Waals surface area contributed by atoms with Crippen molar-refractivity contribution in [3.8, 4) is 11.5 Å². The molecule has 0 unspecified atom stereocenters. The van der Waals surface area contributed by atoms with Crippen LogP contribution in [0.15, 0.2) is 91.0 Å². The number of hydrogen-bond donors (Lipinski definition) is 0. The average Bonchev–Trinajstić information content (AvgIpc) is 3.29. The van der Waals surface area contributed by atoms with Gasteiger partial charge >= 0.3 is 5.97 Å². The van der Waals surface area contributed by atoms with Crippen molar-refractivity contribution in [2.75, 3.05) is 25.1 Å². The van der Waals surface area contributed by atoms with Crippen molar-refractivity contribution in [1.82, 2.24) is 4.57 Å². The fourth-order valence-electron chi connectivity index (χ4n) is 5.52. The number of hydrogen-bond acceptors (Lipinski definition) is 6. The van der Waals surface area contributed by atoms with E-state index in [4.69, 9.17) is 25.8 Å². The van der Waals surface area contributed by atoms with Gasteiger partial charge in [0, 0.05) is 29.2 Å². The van der Waals surface area contributed by atoms with E-state index < -0.39 is 17.7 Å². The SMILES string of the molecule is Cc1c(CC(=O)OCc2ccccc2)c2cc(Cl)ccc2n1C(=O)c1ccc(OC[C@@H]2CN(C)c3ccccc3O2)cc1F. The summed E-state index contributed by atoms with van der Waals surface area (Å²) in [6.45, 7) is 2.67. The number of likely N-dealkylation sites (N-methyl/N-ethyl adjacent to an activating group) is 1. The summed E-state index contributed by atoms with van der Waals surface area (Å²) in [7, 11) is 1.98. The topological polar surface area (TPSA) is 70.0 Å². The Kier molecular flexibility index (Phi) is 8.26. The van der Waals surface area contributed by atoms with Crippen LogP contribution in [0, 0.1) is 12.7 Å². The van der Waals surface area contributed by atoms with Gasteiger partial charge in [-0.25, -0.2) is 4.39 Å². The Morgan fingerprint density at radius 1 is 1.00 bits per heavy atom. The fourth-order valence-corrected chi connectivity index (χ4v) is 5.69. The third-order valence-electron chi connectivity index (χ3n) is 7.72. The Morgan fingerprint density at radius 2 is 1.77 bits per heavy atom. The molecule has 0 spiro atoms. The number of nitrogens with zero attached hydrogens (tertiary/aromatic N) is 2. The molecule has 1 atom stereocenters. The lowest BCUT2D eigenvalue weighted by molar-refractivity contribution is -0.144. The van der Waals surface area contributed by atoms with Crippen LogP contribution in [-0.2, 0) is 22.6 Å². The minimum absolute atomic E-state index is 0.0754. The highest BCUT2D eigenvalue weighted by Crippen LogP contribution is 2.33. The molecule has 0 saturated heterocycles. The molecule has 0 fully saturated rings. The van der Waals surface area contributed by atoms with Crippen molar-refractivity contribution < 1.29 is 28.2 Å². The molecule has 44 heavy (non-hydrogen) atoms. The van der Waals surface area contributed by atoms with Crippen LogP contribution in [-0.4, -0.2) is 42.7 Å². The van der Waals surface area contributed by atoms with Crippen molar-refractivity contribution in [1.29, 1.82) is 0 Å². The molecule has 224 valence electrons. The van der Waals surface area contributed by atoms with Gasteiger partial charge in [-0.3, -0.25) is 14.2 Å². The second-order valence-electron chi connectivity index (χ2n) is 10.7. The van der Waals surface area contributed by atoms with E-state index in [1.807, 2.05) is 61.6 Å². The average molecular weight is 613 g/mol. The molecule has 2 heterocycles. The number of para-hydroxylation sites is 2. The Labute approximate surface area is 259 Å². The molecule has 1 aliphatic rings. The van der Waals surface area contributed by atoms with E-state index >= 15 is 4.39 Å². The molecule has 4 aromatic carbocycles. The summed E-state index contributed by atoms with van der Waals surface area (Å²) in [5.74, 6) is -0.698. The molecule has 0 radical (unpaired) electrons. The third kappa shape index (κ3) is 5.98. The molecule has 0 amide bonds. The molecular formula is C35H30ClFN2O5. The summed E-state index contributed by atoms with van der Waals surface area (Å²) < 4.78 is 34.2. The lowest BCUT2D eigenvalue weighted by Gasteiger charge is -2.33. The predicted octanol–water partition coefficient (Wildman–Crippen LogP) is 6.99. The highest BCUT2D eigenvalue weighted by Gasteiger charge is 2.26. The van der Waals surface area contributed by atoms with E-state index in [9.17, 15) is 9.59 Å². The standard InChI is InChI=1S/C35H30ClFN2O5/c1-22-28(18-34(40)43-20-23-8-4-3-5-9-23)29-16-24(36)12-15-31(29)39(22)35(41)27-14-13-25(17-30(27)37)42-21-26-19-38(2)32-10-6-7-11-33(32)44-26/h3-17,26H,18-21H2,1-2H3/t26-/m0/s1. The third-order valence-corrected chi connectivity index (χ3v) is 7.95. The highest BCUT2D eigenvalue weighted by atomic mass is 35.5. The predicted molar refractivity (Wildman–Crippen MR) is 167 cm³/mol. The van der Waals surface area contributed by atoms with E-state index in [0.29, 0.717) is 33.7 Å². The summed E-state index contributed by atoms with van der Waals surface area (Å²) in [4.78, 5) is 28.7. The van der Waals surface area contributed by atoms with Crippen molar-refractivity contribution in [2.45, 2.75) is 26.1 Å². The molecule has 0 saturated carbocycles. The quantitative estimate of drug-likeness (QED) is 0.176. The number of aromatic nitrogens is 1. The van der Waals surface area contributed by atoms with Gasteiger partial charge in [-0.15, -0.1) is 0 Å². The molecule has 5 aromatic rings. The number of anilines is 1. The first kappa shape index (κ1) is 29.3. The maximum absolute atomic E-state index is 15.4. The first-order valence-corrected chi connectivity index (χ1v) is 14.6. The van der Waals surface area contributed by atoms with Crippen molar-refractivity contribution in [3.05, 3.63) is 124 Å². The van der Waals surface area contributed by atoms with E-state index in [1.54, 1.807) is 31.2 Å². The summed E-state index contributed by atoms with van der Waals surface area (Å²) in [6.07, 6.45) is -0.327. The minimum Gasteiger partial charge on any atom is -0.490 e. The van der Waals surface area contributed by atoms with Crippen LogP contribution in [0.2, 0.25) is 5.02 Å². The van der Waals surface area contributed by atoms with Gasteiger partial charge in [-0.05, 0) is 60.5 Å². The number of carbonyl (C=O) groups excluding carboxylic acids is 2. The number of esters is 1. The number of ether oxygens (including phenoxy) is 3. The van der Waals surface area contributed by atoms with Crippen LogP contribution in [0.25, 0.3) is 10.9 Å². The zero-order valence-corrected chi connectivity index (χ0v) is 25.0. The summed E-state index contributed by atoms with van der Waals surface area (Å²) >= 11 is 6.29. The van der Waals surface area contributed by atoms with Gasteiger partial charge in [0.05, 0.1) is 29.7 Å². The summed E-state index contributed by atoms with van der Waals surface area (Å²) in [6, 6.07) is 26.3. The lowest BCUT2D eigenvalue weighted by atomic mass is 10.1.